The first-order valence-corrected chi connectivity index (χ1v) is 8.05. The highest BCUT2D eigenvalue weighted by molar-refractivity contribution is 6.02. The van der Waals surface area contributed by atoms with Crippen molar-refractivity contribution < 1.29 is 4.79 Å². The fourth-order valence-electron chi connectivity index (χ4n) is 3.22. The zero-order valence-corrected chi connectivity index (χ0v) is 13.7. The topological polar surface area (TPSA) is 63.1 Å². The van der Waals surface area contributed by atoms with Crippen molar-refractivity contribution in [3.8, 4) is 0 Å². The van der Waals surface area contributed by atoms with Crippen molar-refractivity contribution in [2.75, 3.05) is 16.8 Å². The average molecular weight is 321 g/mol. The average Bonchev–Trinajstić information content (AvgIpc) is 3.16. The van der Waals surface area contributed by atoms with Crippen LogP contribution < -0.4 is 10.2 Å². The van der Waals surface area contributed by atoms with Crippen LogP contribution in [0.5, 0.6) is 0 Å². The number of hydrogen-bond donors (Lipinski definition) is 1. The molecule has 1 amide bonds. The number of aromatic nitrogens is 3. The zero-order chi connectivity index (χ0) is 16.7. The van der Waals surface area contributed by atoms with E-state index in [0.29, 0.717) is 12.4 Å². The number of carbonyl (C=O) groups is 1. The van der Waals surface area contributed by atoms with Crippen LogP contribution in [0.4, 0.5) is 11.5 Å². The van der Waals surface area contributed by atoms with Crippen molar-refractivity contribution in [2.24, 2.45) is 7.05 Å². The fraction of sp³-hybridized carbons (Fsp3) is 0.278. The van der Waals surface area contributed by atoms with E-state index in [0.717, 1.165) is 28.6 Å². The number of benzene rings is 1. The lowest BCUT2D eigenvalue weighted by atomic mass is 10.1. The summed E-state index contributed by atoms with van der Waals surface area (Å²) in [6, 6.07) is 9.63. The normalized spacial score (nSPS) is 17.7. The van der Waals surface area contributed by atoms with Crippen LogP contribution >= 0.6 is 0 Å². The molecule has 6 heteroatoms. The molecule has 1 aliphatic rings. The first-order valence-electron chi connectivity index (χ1n) is 8.05. The van der Waals surface area contributed by atoms with Crippen molar-refractivity contribution in [3.05, 3.63) is 48.3 Å². The van der Waals surface area contributed by atoms with Gasteiger partial charge in [-0.25, -0.2) is 0 Å². The molecule has 1 unspecified atom stereocenters. The molecule has 0 aliphatic carbocycles. The molecule has 4 rings (SSSR count). The number of nitrogens with one attached hydrogen (secondary N) is 1. The van der Waals surface area contributed by atoms with Gasteiger partial charge in [0.1, 0.15) is 6.04 Å². The number of aryl methyl sites for hydroxylation is 2. The first-order chi connectivity index (χ1) is 11.6. The minimum Gasteiger partial charge on any atom is -0.373 e. The van der Waals surface area contributed by atoms with E-state index in [1.54, 1.807) is 15.8 Å². The van der Waals surface area contributed by atoms with E-state index in [2.05, 4.69) is 15.4 Å². The second kappa shape index (κ2) is 5.63. The van der Waals surface area contributed by atoms with Gasteiger partial charge in [0.2, 0.25) is 0 Å². The molecule has 0 bridgehead atoms. The lowest BCUT2D eigenvalue weighted by molar-refractivity contribution is -0.117. The predicted molar refractivity (Wildman–Crippen MR) is 94.1 cm³/mol. The maximum absolute atomic E-state index is 12.8. The Hall–Kier alpha value is -2.89. The largest absolute Gasteiger partial charge is 0.373 e. The Labute approximate surface area is 140 Å². The van der Waals surface area contributed by atoms with Crippen molar-refractivity contribution in [1.29, 1.82) is 0 Å². The highest BCUT2D eigenvalue weighted by atomic mass is 16.2. The third kappa shape index (κ3) is 2.40. The number of pyridine rings is 1. The summed E-state index contributed by atoms with van der Waals surface area (Å²) in [4.78, 5) is 18.9. The van der Waals surface area contributed by atoms with Crippen molar-refractivity contribution in [1.82, 2.24) is 14.8 Å². The molecule has 1 atom stereocenters. The van der Waals surface area contributed by atoms with Gasteiger partial charge >= 0.3 is 0 Å². The van der Waals surface area contributed by atoms with Crippen LogP contribution in [0.25, 0.3) is 10.9 Å². The Morgan fingerprint density at radius 2 is 2.12 bits per heavy atom. The highest BCUT2D eigenvalue weighted by Gasteiger charge is 2.34. The van der Waals surface area contributed by atoms with Gasteiger partial charge in [-0.15, -0.1) is 0 Å². The van der Waals surface area contributed by atoms with E-state index in [9.17, 15) is 4.79 Å². The third-order valence-corrected chi connectivity index (χ3v) is 4.49. The summed E-state index contributed by atoms with van der Waals surface area (Å²) in [5, 5.41) is 8.82. The Balaban J connectivity index is 1.63. The van der Waals surface area contributed by atoms with Gasteiger partial charge in [0.05, 0.1) is 5.52 Å². The summed E-state index contributed by atoms with van der Waals surface area (Å²) in [6.45, 7) is 2.72. The summed E-state index contributed by atoms with van der Waals surface area (Å²) < 4.78 is 1.71. The predicted octanol–water partition coefficient (Wildman–Crippen LogP) is 2.49. The van der Waals surface area contributed by atoms with E-state index in [1.807, 2.05) is 50.5 Å². The van der Waals surface area contributed by atoms with Crippen molar-refractivity contribution >= 4 is 28.3 Å². The zero-order valence-electron chi connectivity index (χ0n) is 13.7. The lowest BCUT2D eigenvalue weighted by Crippen LogP contribution is -2.34. The Morgan fingerprint density at radius 1 is 1.25 bits per heavy atom. The van der Waals surface area contributed by atoms with Crippen LogP contribution in [0.2, 0.25) is 0 Å². The van der Waals surface area contributed by atoms with E-state index in [1.165, 1.54) is 0 Å². The second-order valence-electron chi connectivity index (χ2n) is 6.15. The summed E-state index contributed by atoms with van der Waals surface area (Å²) >= 11 is 0. The third-order valence-electron chi connectivity index (χ3n) is 4.49. The Kier molecular flexibility index (Phi) is 3.45. The summed E-state index contributed by atoms with van der Waals surface area (Å²) in [5.74, 6) is 0.775. The molecular formula is C18H19N5O. The SMILES string of the molecule is Cc1ccc2ncccc2c1NC1CCN(c2ccn(C)n2)C1=O. The van der Waals surface area contributed by atoms with Gasteiger partial charge < -0.3 is 5.32 Å². The van der Waals surface area contributed by atoms with Crippen LogP contribution in [-0.2, 0) is 11.8 Å². The number of fused-ring (bicyclic) bond motifs is 1. The second-order valence-corrected chi connectivity index (χ2v) is 6.15. The molecule has 2 aromatic heterocycles. The van der Waals surface area contributed by atoms with Crippen molar-refractivity contribution in [2.45, 2.75) is 19.4 Å². The first kappa shape index (κ1) is 14.7. The molecule has 24 heavy (non-hydrogen) atoms. The Morgan fingerprint density at radius 3 is 2.92 bits per heavy atom. The molecule has 122 valence electrons. The molecule has 0 spiro atoms. The summed E-state index contributed by atoms with van der Waals surface area (Å²) in [7, 11) is 1.85. The lowest BCUT2D eigenvalue weighted by Gasteiger charge is -2.18. The molecule has 0 radical (unpaired) electrons. The molecule has 0 saturated carbocycles. The van der Waals surface area contributed by atoms with Crippen LogP contribution in [0.15, 0.2) is 42.7 Å². The van der Waals surface area contributed by atoms with Gasteiger partial charge in [0, 0.05) is 43.1 Å². The molecule has 1 fully saturated rings. The fourth-order valence-corrected chi connectivity index (χ4v) is 3.22. The van der Waals surface area contributed by atoms with Gasteiger partial charge in [-0.3, -0.25) is 19.4 Å². The smallest absolute Gasteiger partial charge is 0.250 e. The monoisotopic (exact) mass is 321 g/mol. The van der Waals surface area contributed by atoms with Gasteiger partial charge in [0.25, 0.3) is 5.91 Å². The minimum absolute atomic E-state index is 0.0639. The van der Waals surface area contributed by atoms with Crippen molar-refractivity contribution in [3.63, 3.8) is 0 Å². The van der Waals surface area contributed by atoms with E-state index in [-0.39, 0.29) is 11.9 Å². The summed E-state index contributed by atoms with van der Waals surface area (Å²) in [6.07, 6.45) is 4.39. The summed E-state index contributed by atoms with van der Waals surface area (Å²) in [5.41, 5.74) is 3.03. The van der Waals surface area contributed by atoms with Crippen LogP contribution in [0.3, 0.4) is 0 Å². The minimum atomic E-state index is -0.239. The van der Waals surface area contributed by atoms with E-state index < -0.39 is 0 Å². The number of nitrogens with zero attached hydrogens (tertiary/aromatic N) is 4. The number of carbonyl (C=O) groups excluding carboxylic acids is 1. The molecule has 6 nitrogen and oxygen atoms in total. The quantitative estimate of drug-likeness (QED) is 0.805. The molecule has 1 saturated heterocycles. The molecule has 1 aromatic carbocycles. The maximum atomic E-state index is 12.8. The van der Waals surface area contributed by atoms with Crippen LogP contribution in [0, 0.1) is 6.92 Å². The number of anilines is 2. The molecule has 3 aromatic rings. The van der Waals surface area contributed by atoms with Gasteiger partial charge in [-0.1, -0.05) is 6.07 Å². The standard InChI is InChI=1S/C18H19N5O/c1-12-5-6-14-13(4-3-9-19-14)17(12)20-15-7-11-23(18(15)24)16-8-10-22(2)21-16/h3-6,8-10,15,20H,7,11H2,1-2H3. The molecule has 3 heterocycles. The van der Waals surface area contributed by atoms with E-state index >= 15 is 0 Å². The number of rotatable bonds is 3. The molecular weight excluding hydrogens is 302 g/mol. The van der Waals surface area contributed by atoms with Gasteiger partial charge in [0.15, 0.2) is 5.82 Å². The number of amides is 1. The highest BCUT2D eigenvalue weighted by Crippen LogP contribution is 2.29. The Bertz CT molecular complexity index is 917. The van der Waals surface area contributed by atoms with Gasteiger partial charge in [-0.05, 0) is 37.1 Å². The van der Waals surface area contributed by atoms with E-state index in [4.69, 9.17) is 0 Å². The number of hydrogen-bond acceptors (Lipinski definition) is 4. The van der Waals surface area contributed by atoms with Crippen LogP contribution in [-0.4, -0.2) is 33.3 Å². The van der Waals surface area contributed by atoms with Crippen LogP contribution in [0.1, 0.15) is 12.0 Å². The maximum Gasteiger partial charge on any atom is 0.250 e. The molecule has 1 aliphatic heterocycles. The molecule has 1 N–H and O–H groups in total. The van der Waals surface area contributed by atoms with Gasteiger partial charge in [-0.2, -0.15) is 5.10 Å².